The molecule has 0 aromatic heterocycles. The van der Waals surface area contributed by atoms with E-state index in [4.69, 9.17) is 9.47 Å². The van der Waals surface area contributed by atoms with Gasteiger partial charge in [0.1, 0.15) is 6.04 Å². The SMILES string of the molecule is CC[C@H](C)[C@@H](C(=O)OCC(=O)N1CCOCC1)N1C(=O)c2ccccc2C1=O. The smallest absolute Gasteiger partial charge is 0.330 e. The van der Waals surface area contributed by atoms with E-state index in [1.807, 2.05) is 6.92 Å². The Hall–Kier alpha value is -2.74. The molecule has 8 nitrogen and oxygen atoms in total. The zero-order valence-corrected chi connectivity index (χ0v) is 16.1. The minimum atomic E-state index is -1.07. The maximum Gasteiger partial charge on any atom is 0.330 e. The number of carbonyl (C=O) groups is 4. The summed E-state index contributed by atoms with van der Waals surface area (Å²) in [5.41, 5.74) is 0.552. The molecule has 1 fully saturated rings. The predicted octanol–water partition coefficient (Wildman–Crippen LogP) is 1.10. The highest BCUT2D eigenvalue weighted by Gasteiger charge is 2.45. The van der Waals surface area contributed by atoms with Crippen LogP contribution in [0.5, 0.6) is 0 Å². The van der Waals surface area contributed by atoms with E-state index in [0.717, 1.165) is 4.90 Å². The van der Waals surface area contributed by atoms with Crippen LogP contribution in [0.15, 0.2) is 24.3 Å². The van der Waals surface area contributed by atoms with Crippen molar-refractivity contribution in [3.63, 3.8) is 0 Å². The van der Waals surface area contributed by atoms with Crippen LogP contribution in [0, 0.1) is 5.92 Å². The van der Waals surface area contributed by atoms with Crippen LogP contribution in [-0.2, 0) is 19.1 Å². The van der Waals surface area contributed by atoms with Crippen molar-refractivity contribution in [1.29, 1.82) is 0 Å². The van der Waals surface area contributed by atoms with E-state index in [2.05, 4.69) is 0 Å². The Morgan fingerprint density at radius 2 is 1.68 bits per heavy atom. The largest absolute Gasteiger partial charge is 0.454 e. The second-order valence-corrected chi connectivity index (χ2v) is 6.96. The average molecular weight is 388 g/mol. The molecule has 3 rings (SSSR count). The van der Waals surface area contributed by atoms with E-state index in [9.17, 15) is 19.2 Å². The Morgan fingerprint density at radius 1 is 1.11 bits per heavy atom. The molecule has 1 aromatic rings. The van der Waals surface area contributed by atoms with Crippen LogP contribution in [-0.4, -0.2) is 72.4 Å². The summed E-state index contributed by atoms with van der Waals surface area (Å²) in [5.74, 6) is -2.40. The maximum atomic E-state index is 12.8. The van der Waals surface area contributed by atoms with Crippen molar-refractivity contribution in [2.24, 2.45) is 5.92 Å². The fourth-order valence-electron chi connectivity index (χ4n) is 3.40. The third kappa shape index (κ3) is 3.77. The van der Waals surface area contributed by atoms with Gasteiger partial charge in [0.2, 0.25) is 0 Å². The van der Waals surface area contributed by atoms with E-state index in [-0.39, 0.29) is 23.0 Å². The fraction of sp³-hybridized carbons (Fsp3) is 0.500. The van der Waals surface area contributed by atoms with E-state index >= 15 is 0 Å². The number of esters is 1. The van der Waals surface area contributed by atoms with Crippen LogP contribution in [0.25, 0.3) is 0 Å². The van der Waals surface area contributed by atoms with Crippen LogP contribution < -0.4 is 0 Å². The molecular weight excluding hydrogens is 364 g/mol. The number of hydrogen-bond donors (Lipinski definition) is 0. The Kier molecular flexibility index (Phi) is 6.08. The number of amides is 3. The Balaban J connectivity index is 1.73. The highest BCUT2D eigenvalue weighted by molar-refractivity contribution is 6.22. The first-order valence-corrected chi connectivity index (χ1v) is 9.44. The summed E-state index contributed by atoms with van der Waals surface area (Å²) in [7, 11) is 0. The third-order valence-electron chi connectivity index (χ3n) is 5.23. The Labute approximate surface area is 163 Å². The lowest BCUT2D eigenvalue weighted by atomic mass is 9.97. The van der Waals surface area contributed by atoms with Crippen molar-refractivity contribution in [2.45, 2.75) is 26.3 Å². The molecule has 1 saturated heterocycles. The highest BCUT2D eigenvalue weighted by atomic mass is 16.5. The monoisotopic (exact) mass is 388 g/mol. The summed E-state index contributed by atoms with van der Waals surface area (Å²) in [6.07, 6.45) is 0.560. The highest BCUT2D eigenvalue weighted by Crippen LogP contribution is 2.28. The summed E-state index contributed by atoms with van der Waals surface area (Å²) in [5, 5.41) is 0. The van der Waals surface area contributed by atoms with Crippen LogP contribution >= 0.6 is 0 Å². The van der Waals surface area contributed by atoms with Crippen molar-refractivity contribution >= 4 is 23.7 Å². The molecule has 2 aliphatic heterocycles. The Bertz CT molecular complexity index is 752. The van der Waals surface area contributed by atoms with E-state index < -0.39 is 30.4 Å². The molecule has 2 aliphatic rings. The predicted molar refractivity (Wildman–Crippen MR) is 98.5 cm³/mol. The normalized spacial score (nSPS) is 18.6. The zero-order valence-electron chi connectivity index (χ0n) is 16.1. The summed E-state index contributed by atoms with van der Waals surface area (Å²) in [4.78, 5) is 53.1. The van der Waals surface area contributed by atoms with E-state index in [0.29, 0.717) is 32.7 Å². The molecule has 0 N–H and O–H groups in total. The number of morpholine rings is 1. The number of fused-ring (bicyclic) bond motifs is 1. The molecule has 1 aromatic carbocycles. The average Bonchev–Trinajstić information content (AvgIpc) is 2.98. The Morgan fingerprint density at radius 3 is 2.21 bits per heavy atom. The molecule has 0 unspecified atom stereocenters. The number of hydrogen-bond acceptors (Lipinski definition) is 6. The summed E-state index contributed by atoms with van der Waals surface area (Å²) in [6, 6.07) is 5.40. The van der Waals surface area contributed by atoms with Gasteiger partial charge in [-0.2, -0.15) is 0 Å². The first-order valence-electron chi connectivity index (χ1n) is 9.44. The standard InChI is InChI=1S/C20H24N2O6/c1-3-13(2)17(20(26)28-12-16(23)21-8-10-27-11-9-21)22-18(24)14-6-4-5-7-15(14)19(22)25/h4-7,13,17H,3,8-12H2,1-2H3/t13-,17-/m0/s1. The maximum absolute atomic E-state index is 12.8. The number of rotatable bonds is 6. The molecule has 2 heterocycles. The summed E-state index contributed by atoms with van der Waals surface area (Å²) < 4.78 is 10.4. The molecular formula is C20H24N2O6. The van der Waals surface area contributed by atoms with Gasteiger partial charge in [0.25, 0.3) is 17.7 Å². The van der Waals surface area contributed by atoms with Crippen LogP contribution in [0.1, 0.15) is 41.0 Å². The second kappa shape index (κ2) is 8.52. The van der Waals surface area contributed by atoms with Crippen LogP contribution in [0.3, 0.4) is 0 Å². The van der Waals surface area contributed by atoms with Gasteiger partial charge in [0.15, 0.2) is 6.61 Å². The molecule has 150 valence electrons. The van der Waals surface area contributed by atoms with Gasteiger partial charge in [0, 0.05) is 13.1 Å². The molecule has 28 heavy (non-hydrogen) atoms. The second-order valence-electron chi connectivity index (χ2n) is 6.96. The lowest BCUT2D eigenvalue weighted by Gasteiger charge is -2.30. The summed E-state index contributed by atoms with van der Waals surface area (Å²) >= 11 is 0. The molecule has 2 atom stereocenters. The lowest BCUT2D eigenvalue weighted by Crippen LogP contribution is -2.50. The van der Waals surface area contributed by atoms with Crippen LogP contribution in [0.2, 0.25) is 0 Å². The molecule has 0 radical (unpaired) electrons. The van der Waals surface area contributed by atoms with Gasteiger partial charge in [-0.25, -0.2) is 4.79 Å². The topological polar surface area (TPSA) is 93.2 Å². The molecule has 3 amide bonds. The van der Waals surface area contributed by atoms with Crippen molar-refractivity contribution in [1.82, 2.24) is 9.80 Å². The van der Waals surface area contributed by atoms with Crippen molar-refractivity contribution in [3.8, 4) is 0 Å². The summed E-state index contributed by atoms with van der Waals surface area (Å²) in [6.45, 7) is 5.01. The van der Waals surface area contributed by atoms with Gasteiger partial charge in [-0.05, 0) is 18.1 Å². The number of ether oxygens (including phenoxy) is 2. The first-order chi connectivity index (χ1) is 13.5. The van der Waals surface area contributed by atoms with Crippen molar-refractivity contribution < 1.29 is 28.7 Å². The zero-order chi connectivity index (χ0) is 20.3. The number of carbonyl (C=O) groups excluding carboxylic acids is 4. The minimum Gasteiger partial charge on any atom is -0.454 e. The molecule has 0 saturated carbocycles. The van der Waals surface area contributed by atoms with Gasteiger partial charge < -0.3 is 14.4 Å². The van der Waals surface area contributed by atoms with Crippen LogP contribution in [0.4, 0.5) is 0 Å². The molecule has 8 heteroatoms. The van der Waals surface area contributed by atoms with Crippen molar-refractivity contribution in [3.05, 3.63) is 35.4 Å². The van der Waals surface area contributed by atoms with E-state index in [1.165, 1.54) is 0 Å². The van der Waals surface area contributed by atoms with Gasteiger partial charge in [-0.1, -0.05) is 32.4 Å². The van der Waals surface area contributed by atoms with Gasteiger partial charge in [0.05, 0.1) is 24.3 Å². The van der Waals surface area contributed by atoms with E-state index in [1.54, 1.807) is 36.1 Å². The molecule has 0 spiro atoms. The number of nitrogens with zero attached hydrogens (tertiary/aromatic N) is 2. The number of benzene rings is 1. The molecule has 0 aliphatic carbocycles. The number of imide groups is 1. The van der Waals surface area contributed by atoms with Gasteiger partial charge >= 0.3 is 5.97 Å². The van der Waals surface area contributed by atoms with Gasteiger partial charge in [-0.15, -0.1) is 0 Å². The first kappa shape index (κ1) is 20.0. The quantitative estimate of drug-likeness (QED) is 0.535. The fourth-order valence-corrected chi connectivity index (χ4v) is 3.40. The van der Waals surface area contributed by atoms with Gasteiger partial charge in [-0.3, -0.25) is 19.3 Å². The third-order valence-corrected chi connectivity index (χ3v) is 5.23. The van der Waals surface area contributed by atoms with Crippen molar-refractivity contribution in [2.75, 3.05) is 32.9 Å². The molecule has 0 bridgehead atoms. The minimum absolute atomic E-state index is 0.276. The lowest BCUT2D eigenvalue weighted by molar-refractivity contribution is -0.157.